The Morgan fingerprint density at radius 1 is 1.31 bits per heavy atom. The van der Waals surface area contributed by atoms with Crippen LogP contribution in [0, 0.1) is 12.7 Å². The standard InChI is InChI=1S/C13H19FN2/c1-10-4-5-12(8-13(10)14)16-7-6-15(3)9-11(16)2/h4-5,8,11H,6-7,9H2,1-3H3. The van der Waals surface area contributed by atoms with Gasteiger partial charge in [-0.25, -0.2) is 4.39 Å². The number of benzene rings is 1. The lowest BCUT2D eigenvalue weighted by Crippen LogP contribution is -2.50. The highest BCUT2D eigenvalue weighted by Gasteiger charge is 2.21. The molecule has 1 aliphatic rings. The molecule has 0 bridgehead atoms. The van der Waals surface area contributed by atoms with E-state index in [0.29, 0.717) is 11.6 Å². The molecule has 2 nitrogen and oxygen atoms in total. The van der Waals surface area contributed by atoms with Gasteiger partial charge in [0.05, 0.1) is 0 Å². The van der Waals surface area contributed by atoms with Gasteiger partial charge in [-0.1, -0.05) is 6.07 Å². The third-order valence-corrected chi connectivity index (χ3v) is 3.32. The van der Waals surface area contributed by atoms with Crippen molar-refractivity contribution in [3.05, 3.63) is 29.6 Å². The summed E-state index contributed by atoms with van der Waals surface area (Å²) in [4.78, 5) is 4.59. The molecule has 1 aromatic carbocycles. The van der Waals surface area contributed by atoms with Crippen LogP contribution in [-0.4, -0.2) is 37.6 Å². The van der Waals surface area contributed by atoms with Crippen LogP contribution in [-0.2, 0) is 0 Å². The van der Waals surface area contributed by atoms with Gasteiger partial charge in [0, 0.05) is 31.4 Å². The minimum Gasteiger partial charge on any atom is -0.366 e. The van der Waals surface area contributed by atoms with Crippen molar-refractivity contribution in [1.29, 1.82) is 0 Å². The molecule has 0 saturated carbocycles. The lowest BCUT2D eigenvalue weighted by Gasteiger charge is -2.39. The minimum absolute atomic E-state index is 0.108. The topological polar surface area (TPSA) is 6.48 Å². The second-order valence-electron chi connectivity index (χ2n) is 4.74. The van der Waals surface area contributed by atoms with Crippen LogP contribution in [0.15, 0.2) is 18.2 Å². The fourth-order valence-electron chi connectivity index (χ4n) is 2.28. The number of hydrogen-bond donors (Lipinski definition) is 0. The van der Waals surface area contributed by atoms with Crippen LogP contribution in [0.5, 0.6) is 0 Å². The van der Waals surface area contributed by atoms with E-state index in [-0.39, 0.29) is 5.82 Å². The first-order valence-electron chi connectivity index (χ1n) is 5.79. The van der Waals surface area contributed by atoms with Crippen LogP contribution in [0.25, 0.3) is 0 Å². The summed E-state index contributed by atoms with van der Waals surface area (Å²) in [7, 11) is 2.13. The first-order chi connectivity index (χ1) is 7.58. The van der Waals surface area contributed by atoms with Crippen molar-refractivity contribution >= 4 is 5.69 Å². The van der Waals surface area contributed by atoms with Crippen LogP contribution < -0.4 is 4.90 Å². The Labute approximate surface area is 96.7 Å². The lowest BCUT2D eigenvalue weighted by molar-refractivity contribution is 0.275. The Morgan fingerprint density at radius 3 is 2.69 bits per heavy atom. The van der Waals surface area contributed by atoms with E-state index in [1.165, 1.54) is 0 Å². The van der Waals surface area contributed by atoms with Crippen LogP contribution >= 0.6 is 0 Å². The molecule has 0 aliphatic carbocycles. The highest BCUT2D eigenvalue weighted by Crippen LogP contribution is 2.22. The van der Waals surface area contributed by atoms with E-state index in [4.69, 9.17) is 0 Å². The van der Waals surface area contributed by atoms with Crippen molar-refractivity contribution < 1.29 is 4.39 Å². The Kier molecular flexibility index (Phi) is 3.15. The monoisotopic (exact) mass is 222 g/mol. The van der Waals surface area contributed by atoms with Crippen LogP contribution in [0.3, 0.4) is 0 Å². The van der Waals surface area contributed by atoms with Crippen LogP contribution in [0.4, 0.5) is 10.1 Å². The normalized spacial score (nSPS) is 22.5. The van der Waals surface area contributed by atoms with Gasteiger partial charge >= 0.3 is 0 Å². The molecule has 1 saturated heterocycles. The first-order valence-corrected chi connectivity index (χ1v) is 5.79. The summed E-state index contributed by atoms with van der Waals surface area (Å²) in [5.74, 6) is -0.108. The summed E-state index contributed by atoms with van der Waals surface area (Å²) in [6.07, 6.45) is 0. The molecule has 3 heteroatoms. The number of nitrogens with zero attached hydrogens (tertiary/aromatic N) is 2. The average molecular weight is 222 g/mol. The molecule has 0 radical (unpaired) electrons. The van der Waals surface area contributed by atoms with Crippen molar-refractivity contribution in [2.24, 2.45) is 0 Å². The maximum absolute atomic E-state index is 13.5. The molecule has 0 aromatic heterocycles. The van der Waals surface area contributed by atoms with Gasteiger partial charge in [0.25, 0.3) is 0 Å². The molecule has 88 valence electrons. The largest absolute Gasteiger partial charge is 0.366 e. The second-order valence-corrected chi connectivity index (χ2v) is 4.74. The van der Waals surface area contributed by atoms with Crippen LogP contribution in [0.2, 0.25) is 0 Å². The van der Waals surface area contributed by atoms with Crippen molar-refractivity contribution in [3.8, 4) is 0 Å². The zero-order valence-electron chi connectivity index (χ0n) is 10.2. The third-order valence-electron chi connectivity index (χ3n) is 3.32. The number of hydrogen-bond acceptors (Lipinski definition) is 2. The van der Waals surface area contributed by atoms with E-state index in [9.17, 15) is 4.39 Å². The fraction of sp³-hybridized carbons (Fsp3) is 0.538. The predicted octanol–water partition coefficient (Wildman–Crippen LogP) is 2.27. The van der Waals surface area contributed by atoms with Gasteiger partial charge in [0.2, 0.25) is 0 Å². The van der Waals surface area contributed by atoms with Crippen molar-refractivity contribution in [2.45, 2.75) is 19.9 Å². The van der Waals surface area contributed by atoms with Crippen molar-refractivity contribution in [2.75, 3.05) is 31.6 Å². The highest BCUT2D eigenvalue weighted by atomic mass is 19.1. The van der Waals surface area contributed by atoms with Gasteiger partial charge in [0.15, 0.2) is 0 Å². The van der Waals surface area contributed by atoms with E-state index in [2.05, 4.69) is 23.8 Å². The summed E-state index contributed by atoms with van der Waals surface area (Å²) >= 11 is 0. The molecule has 16 heavy (non-hydrogen) atoms. The molecule has 0 spiro atoms. The van der Waals surface area contributed by atoms with Gasteiger partial charge in [-0.2, -0.15) is 0 Å². The smallest absolute Gasteiger partial charge is 0.128 e. The second kappa shape index (κ2) is 4.42. The summed E-state index contributed by atoms with van der Waals surface area (Å²) in [6.45, 7) is 7.04. The number of rotatable bonds is 1. The molecule has 0 N–H and O–H groups in total. The fourth-order valence-corrected chi connectivity index (χ4v) is 2.28. The van der Waals surface area contributed by atoms with E-state index in [1.807, 2.05) is 12.1 Å². The summed E-state index contributed by atoms with van der Waals surface area (Å²) in [5, 5.41) is 0. The molecule has 1 aliphatic heterocycles. The Morgan fingerprint density at radius 2 is 2.06 bits per heavy atom. The maximum Gasteiger partial charge on any atom is 0.128 e. The van der Waals surface area contributed by atoms with Gasteiger partial charge in [-0.3, -0.25) is 0 Å². The van der Waals surface area contributed by atoms with E-state index >= 15 is 0 Å². The molecular formula is C13H19FN2. The number of likely N-dealkylation sites (N-methyl/N-ethyl adjacent to an activating group) is 1. The van der Waals surface area contributed by atoms with Crippen LogP contribution in [0.1, 0.15) is 12.5 Å². The number of halogens is 1. The van der Waals surface area contributed by atoms with Gasteiger partial charge in [0.1, 0.15) is 5.82 Å². The maximum atomic E-state index is 13.5. The Hall–Kier alpha value is -1.09. The van der Waals surface area contributed by atoms with E-state index in [1.54, 1.807) is 13.0 Å². The first kappa shape index (κ1) is 11.4. The zero-order valence-corrected chi connectivity index (χ0v) is 10.2. The van der Waals surface area contributed by atoms with Gasteiger partial charge < -0.3 is 9.80 Å². The highest BCUT2D eigenvalue weighted by molar-refractivity contribution is 5.49. The average Bonchev–Trinajstić information content (AvgIpc) is 2.22. The number of piperazine rings is 1. The Bertz CT molecular complexity index is 378. The summed E-state index contributed by atoms with van der Waals surface area (Å²) in [6, 6.07) is 5.97. The molecule has 0 amide bonds. The minimum atomic E-state index is -0.108. The van der Waals surface area contributed by atoms with Gasteiger partial charge in [-0.15, -0.1) is 0 Å². The van der Waals surface area contributed by atoms with Crippen molar-refractivity contribution in [1.82, 2.24) is 4.90 Å². The molecule has 1 unspecified atom stereocenters. The lowest BCUT2D eigenvalue weighted by atomic mass is 10.1. The molecule has 1 atom stereocenters. The molecule has 1 fully saturated rings. The molecule has 2 rings (SSSR count). The Balaban J connectivity index is 2.20. The van der Waals surface area contributed by atoms with E-state index in [0.717, 1.165) is 25.3 Å². The predicted molar refractivity (Wildman–Crippen MR) is 65.4 cm³/mol. The van der Waals surface area contributed by atoms with Crippen molar-refractivity contribution in [3.63, 3.8) is 0 Å². The molecule has 1 aromatic rings. The summed E-state index contributed by atoms with van der Waals surface area (Å²) < 4.78 is 13.5. The number of anilines is 1. The quantitative estimate of drug-likeness (QED) is 0.719. The van der Waals surface area contributed by atoms with Gasteiger partial charge in [-0.05, 0) is 38.6 Å². The third kappa shape index (κ3) is 2.19. The summed E-state index contributed by atoms with van der Waals surface area (Å²) in [5.41, 5.74) is 1.72. The SMILES string of the molecule is Cc1ccc(N2CCN(C)CC2C)cc1F. The number of aryl methyl sites for hydroxylation is 1. The molecule has 1 heterocycles. The van der Waals surface area contributed by atoms with E-state index < -0.39 is 0 Å². The zero-order chi connectivity index (χ0) is 11.7. The molecular weight excluding hydrogens is 203 g/mol.